The molecule has 2 aromatic rings. The Labute approximate surface area is 145 Å². The summed E-state index contributed by atoms with van der Waals surface area (Å²) in [7, 11) is 4.63. The molecule has 1 saturated carbocycles. The van der Waals surface area contributed by atoms with E-state index in [1.54, 1.807) is 39.5 Å². The standard InChI is InChI=1S/C17H20N4O4/c1-23-14-8-16(25-3)15(24-2)6-11(14)9-18-21-17(22)13-7-12(19-20-13)10-4-5-10/h6-10H,4-5H2,1-3H3,(H,19,20)(H,21,22)/b18-9-. The molecule has 0 atom stereocenters. The molecule has 8 nitrogen and oxygen atoms in total. The molecule has 0 unspecified atom stereocenters. The largest absolute Gasteiger partial charge is 0.496 e. The van der Waals surface area contributed by atoms with E-state index in [0.717, 1.165) is 18.5 Å². The second-order valence-corrected chi connectivity index (χ2v) is 5.63. The Hall–Kier alpha value is -3.03. The van der Waals surface area contributed by atoms with Gasteiger partial charge in [0.05, 0.1) is 27.5 Å². The summed E-state index contributed by atoms with van der Waals surface area (Å²) in [5.74, 6) is 1.76. The van der Waals surface area contributed by atoms with E-state index in [0.29, 0.717) is 34.4 Å². The van der Waals surface area contributed by atoms with Gasteiger partial charge < -0.3 is 14.2 Å². The number of nitrogens with one attached hydrogen (secondary N) is 2. The van der Waals surface area contributed by atoms with Crippen molar-refractivity contribution in [3.63, 3.8) is 0 Å². The molecule has 0 aliphatic heterocycles. The summed E-state index contributed by atoms with van der Waals surface area (Å²) in [6.07, 6.45) is 3.76. The van der Waals surface area contributed by atoms with E-state index >= 15 is 0 Å². The number of hydrogen-bond donors (Lipinski definition) is 2. The van der Waals surface area contributed by atoms with Crippen LogP contribution < -0.4 is 19.6 Å². The molecule has 8 heteroatoms. The first-order valence-electron chi connectivity index (χ1n) is 7.85. The van der Waals surface area contributed by atoms with E-state index < -0.39 is 0 Å². The molecular formula is C17H20N4O4. The molecule has 0 bridgehead atoms. The van der Waals surface area contributed by atoms with Crippen LogP contribution in [0.15, 0.2) is 23.3 Å². The molecule has 0 spiro atoms. The van der Waals surface area contributed by atoms with Gasteiger partial charge in [0.1, 0.15) is 5.75 Å². The molecule has 1 amide bonds. The van der Waals surface area contributed by atoms with Gasteiger partial charge >= 0.3 is 0 Å². The fourth-order valence-corrected chi connectivity index (χ4v) is 2.43. The summed E-state index contributed by atoms with van der Waals surface area (Å²) in [6.45, 7) is 0. The van der Waals surface area contributed by atoms with Gasteiger partial charge in [0, 0.05) is 23.2 Å². The molecule has 132 valence electrons. The summed E-state index contributed by atoms with van der Waals surface area (Å²) >= 11 is 0. The van der Waals surface area contributed by atoms with Gasteiger partial charge in [-0.25, -0.2) is 5.43 Å². The highest BCUT2D eigenvalue weighted by molar-refractivity contribution is 5.93. The minimum absolute atomic E-state index is 0.318. The van der Waals surface area contributed by atoms with E-state index in [1.807, 2.05) is 0 Å². The summed E-state index contributed by atoms with van der Waals surface area (Å²) in [5.41, 5.74) is 4.41. The van der Waals surface area contributed by atoms with Gasteiger partial charge in [-0.2, -0.15) is 10.2 Å². The maximum atomic E-state index is 12.1. The topological polar surface area (TPSA) is 97.8 Å². The Morgan fingerprint density at radius 3 is 2.48 bits per heavy atom. The van der Waals surface area contributed by atoms with Gasteiger partial charge in [0.25, 0.3) is 5.91 Å². The fourth-order valence-electron chi connectivity index (χ4n) is 2.43. The van der Waals surface area contributed by atoms with Crippen molar-refractivity contribution in [3.8, 4) is 17.2 Å². The zero-order valence-corrected chi connectivity index (χ0v) is 14.3. The van der Waals surface area contributed by atoms with Gasteiger partial charge in [-0.3, -0.25) is 9.89 Å². The number of methoxy groups -OCH3 is 3. The number of amides is 1. The van der Waals surface area contributed by atoms with Crippen molar-refractivity contribution in [2.45, 2.75) is 18.8 Å². The van der Waals surface area contributed by atoms with Crippen molar-refractivity contribution in [2.24, 2.45) is 5.10 Å². The van der Waals surface area contributed by atoms with E-state index in [9.17, 15) is 4.79 Å². The maximum Gasteiger partial charge on any atom is 0.291 e. The first kappa shape index (κ1) is 16.8. The van der Waals surface area contributed by atoms with Crippen molar-refractivity contribution in [1.82, 2.24) is 15.6 Å². The SMILES string of the molecule is COc1cc(OC)c(OC)cc1/C=N\NC(=O)c1cc(C2CC2)[nH]n1. The van der Waals surface area contributed by atoms with E-state index in [4.69, 9.17) is 14.2 Å². The third-order valence-electron chi connectivity index (χ3n) is 3.95. The predicted molar refractivity (Wildman–Crippen MR) is 91.7 cm³/mol. The van der Waals surface area contributed by atoms with Crippen LogP contribution in [0.4, 0.5) is 0 Å². The fraction of sp³-hybridized carbons (Fsp3) is 0.353. The second-order valence-electron chi connectivity index (χ2n) is 5.63. The highest BCUT2D eigenvalue weighted by Gasteiger charge is 2.26. The quantitative estimate of drug-likeness (QED) is 0.592. The predicted octanol–water partition coefficient (Wildman–Crippen LogP) is 2.08. The van der Waals surface area contributed by atoms with Crippen LogP contribution in [0.2, 0.25) is 0 Å². The molecule has 1 aliphatic carbocycles. The number of nitrogens with zero attached hydrogens (tertiary/aromatic N) is 2. The molecular weight excluding hydrogens is 324 g/mol. The number of aromatic amines is 1. The summed E-state index contributed by atoms with van der Waals surface area (Å²) in [5, 5.41) is 10.9. The summed E-state index contributed by atoms with van der Waals surface area (Å²) in [6, 6.07) is 5.17. The van der Waals surface area contributed by atoms with Gasteiger partial charge in [-0.05, 0) is 25.0 Å². The molecule has 0 radical (unpaired) electrons. The molecule has 1 aromatic heterocycles. The molecule has 1 aromatic carbocycles. The van der Waals surface area contributed by atoms with Crippen molar-refractivity contribution in [2.75, 3.05) is 21.3 Å². The Kier molecular flexibility index (Phi) is 4.87. The monoisotopic (exact) mass is 344 g/mol. The lowest BCUT2D eigenvalue weighted by Crippen LogP contribution is -2.18. The normalized spacial score (nSPS) is 13.7. The lowest BCUT2D eigenvalue weighted by molar-refractivity contribution is 0.0950. The first-order valence-corrected chi connectivity index (χ1v) is 7.85. The number of aromatic nitrogens is 2. The Bertz CT molecular complexity index is 796. The lowest BCUT2D eigenvalue weighted by Gasteiger charge is -2.11. The minimum atomic E-state index is -0.376. The summed E-state index contributed by atoms with van der Waals surface area (Å²) < 4.78 is 15.8. The summed E-state index contributed by atoms with van der Waals surface area (Å²) in [4.78, 5) is 12.1. The van der Waals surface area contributed by atoms with Crippen LogP contribution in [0.5, 0.6) is 17.2 Å². The molecule has 1 aliphatic rings. The maximum absolute atomic E-state index is 12.1. The van der Waals surface area contributed by atoms with Gasteiger partial charge in [0.2, 0.25) is 0 Å². The number of carbonyl (C=O) groups excluding carboxylic acids is 1. The molecule has 1 heterocycles. The number of carbonyl (C=O) groups is 1. The van der Waals surface area contributed by atoms with Crippen LogP contribution in [0.25, 0.3) is 0 Å². The van der Waals surface area contributed by atoms with Gasteiger partial charge in [-0.15, -0.1) is 0 Å². The second kappa shape index (κ2) is 7.25. The molecule has 1 fully saturated rings. The molecule has 0 saturated heterocycles. The first-order chi connectivity index (χ1) is 12.2. The van der Waals surface area contributed by atoms with Crippen LogP contribution in [0.3, 0.4) is 0 Å². The highest BCUT2D eigenvalue weighted by Crippen LogP contribution is 2.39. The number of H-pyrrole nitrogens is 1. The number of hydrogen-bond acceptors (Lipinski definition) is 6. The van der Waals surface area contributed by atoms with Crippen LogP contribution in [-0.2, 0) is 0 Å². The molecule has 3 rings (SSSR count). The van der Waals surface area contributed by atoms with Crippen molar-refractivity contribution < 1.29 is 19.0 Å². The zero-order chi connectivity index (χ0) is 17.8. The Morgan fingerprint density at radius 1 is 1.16 bits per heavy atom. The van der Waals surface area contributed by atoms with Crippen molar-refractivity contribution >= 4 is 12.1 Å². The van der Waals surface area contributed by atoms with Crippen LogP contribution in [0.1, 0.15) is 40.5 Å². The van der Waals surface area contributed by atoms with Crippen LogP contribution in [-0.4, -0.2) is 43.6 Å². The Morgan fingerprint density at radius 2 is 1.84 bits per heavy atom. The van der Waals surface area contributed by atoms with Gasteiger partial charge in [0.15, 0.2) is 17.2 Å². The van der Waals surface area contributed by atoms with E-state index in [2.05, 4.69) is 20.7 Å². The Balaban J connectivity index is 1.71. The van der Waals surface area contributed by atoms with Crippen LogP contribution >= 0.6 is 0 Å². The average Bonchev–Trinajstić information content (AvgIpc) is 3.37. The smallest absolute Gasteiger partial charge is 0.291 e. The highest BCUT2D eigenvalue weighted by atomic mass is 16.5. The number of ether oxygens (including phenoxy) is 3. The number of hydrazone groups is 1. The third-order valence-corrected chi connectivity index (χ3v) is 3.95. The molecule has 25 heavy (non-hydrogen) atoms. The molecule has 2 N–H and O–H groups in total. The van der Waals surface area contributed by atoms with Gasteiger partial charge in [-0.1, -0.05) is 0 Å². The van der Waals surface area contributed by atoms with E-state index in [-0.39, 0.29) is 5.91 Å². The van der Waals surface area contributed by atoms with Crippen LogP contribution in [0, 0.1) is 0 Å². The number of benzene rings is 1. The minimum Gasteiger partial charge on any atom is -0.496 e. The third kappa shape index (κ3) is 3.73. The van der Waals surface area contributed by atoms with E-state index in [1.165, 1.54) is 6.21 Å². The zero-order valence-electron chi connectivity index (χ0n) is 14.3. The van der Waals surface area contributed by atoms with Crippen molar-refractivity contribution in [1.29, 1.82) is 0 Å². The van der Waals surface area contributed by atoms with Crippen molar-refractivity contribution in [3.05, 3.63) is 35.2 Å². The lowest BCUT2D eigenvalue weighted by atomic mass is 10.2. The average molecular weight is 344 g/mol. The number of rotatable bonds is 7.